The van der Waals surface area contributed by atoms with Gasteiger partial charge in [0.2, 0.25) is 5.91 Å². The van der Waals surface area contributed by atoms with Crippen molar-refractivity contribution >= 4 is 71.5 Å². The predicted molar refractivity (Wildman–Crippen MR) is 110 cm³/mol. The van der Waals surface area contributed by atoms with E-state index in [9.17, 15) is 4.79 Å². The van der Waals surface area contributed by atoms with Gasteiger partial charge in [-0.05, 0) is 42.5 Å². The fourth-order valence-corrected chi connectivity index (χ4v) is 5.13. The Kier molecular flexibility index (Phi) is 5.13. The number of anilines is 1. The van der Waals surface area contributed by atoms with Gasteiger partial charge in [0.1, 0.15) is 5.76 Å². The first-order valence-corrected chi connectivity index (χ1v) is 10.5. The smallest absolute Gasteiger partial charge is 0.234 e. The molecular weight excluding hydrogens is 456 g/mol. The zero-order valence-electron chi connectivity index (χ0n) is 13.3. The summed E-state index contributed by atoms with van der Waals surface area (Å²) >= 11 is 12.4. The number of hydrogen-bond donors (Lipinski definition) is 0. The van der Waals surface area contributed by atoms with E-state index in [0.29, 0.717) is 21.8 Å². The normalized spacial score (nSPS) is 11.2. The molecule has 0 unspecified atom stereocenters. The first kappa shape index (κ1) is 17.7. The van der Waals surface area contributed by atoms with Crippen LogP contribution in [0.1, 0.15) is 10.6 Å². The van der Waals surface area contributed by atoms with Crippen LogP contribution in [0.3, 0.4) is 0 Å². The van der Waals surface area contributed by atoms with Crippen molar-refractivity contribution in [3.63, 3.8) is 0 Å². The van der Waals surface area contributed by atoms with Gasteiger partial charge < -0.3 is 4.42 Å². The number of carbonyl (C=O) groups excluding carboxylic acids is 1. The molecule has 26 heavy (non-hydrogen) atoms. The third-order valence-corrected chi connectivity index (χ3v) is 6.49. The second-order valence-corrected chi connectivity index (χ2v) is 9.27. The van der Waals surface area contributed by atoms with E-state index in [0.717, 1.165) is 19.6 Å². The van der Waals surface area contributed by atoms with Crippen molar-refractivity contribution in [2.45, 2.75) is 13.0 Å². The molecule has 1 aromatic carbocycles. The number of thiophene rings is 1. The minimum atomic E-state index is -0.0435. The van der Waals surface area contributed by atoms with Crippen LogP contribution in [0.2, 0.25) is 4.34 Å². The summed E-state index contributed by atoms with van der Waals surface area (Å²) < 4.78 is 8.12. The van der Waals surface area contributed by atoms with Crippen LogP contribution < -0.4 is 4.90 Å². The number of amides is 1. The summed E-state index contributed by atoms with van der Waals surface area (Å²) in [5.41, 5.74) is 0.865. The number of fused-ring (bicyclic) bond motifs is 1. The molecule has 4 aromatic rings. The number of benzene rings is 1. The van der Waals surface area contributed by atoms with Crippen molar-refractivity contribution in [2.75, 3.05) is 4.90 Å². The number of rotatable bonds is 5. The first-order chi connectivity index (χ1) is 12.6. The molecule has 1 amide bonds. The van der Waals surface area contributed by atoms with Crippen molar-refractivity contribution in [3.05, 3.63) is 68.2 Å². The van der Waals surface area contributed by atoms with Gasteiger partial charge in [0.15, 0.2) is 5.13 Å². The van der Waals surface area contributed by atoms with E-state index in [2.05, 4.69) is 20.9 Å². The van der Waals surface area contributed by atoms with Gasteiger partial charge in [-0.15, -0.1) is 11.3 Å². The number of nitrogens with zero attached hydrogens (tertiary/aromatic N) is 2. The summed E-state index contributed by atoms with van der Waals surface area (Å²) in [6.45, 7) is 0.339. The third kappa shape index (κ3) is 3.86. The highest BCUT2D eigenvalue weighted by atomic mass is 79.9. The number of halogens is 2. The fourth-order valence-electron chi connectivity index (χ4n) is 2.51. The van der Waals surface area contributed by atoms with Crippen LogP contribution in [-0.4, -0.2) is 10.9 Å². The Labute approximate surface area is 171 Å². The van der Waals surface area contributed by atoms with Crippen LogP contribution in [-0.2, 0) is 17.8 Å². The lowest BCUT2D eigenvalue weighted by Crippen LogP contribution is -2.31. The molecule has 132 valence electrons. The van der Waals surface area contributed by atoms with Gasteiger partial charge in [-0.2, -0.15) is 0 Å². The molecule has 0 fully saturated rings. The molecule has 0 atom stereocenters. The van der Waals surface area contributed by atoms with Crippen molar-refractivity contribution < 1.29 is 9.21 Å². The second kappa shape index (κ2) is 7.52. The highest BCUT2D eigenvalue weighted by molar-refractivity contribution is 9.10. The summed E-state index contributed by atoms with van der Waals surface area (Å²) in [6, 6.07) is 13.2. The summed E-state index contributed by atoms with van der Waals surface area (Å²) in [5, 5.41) is 0.655. The summed E-state index contributed by atoms with van der Waals surface area (Å²) in [5.74, 6) is 0.668. The maximum absolute atomic E-state index is 13.0. The lowest BCUT2D eigenvalue weighted by molar-refractivity contribution is -0.118. The summed E-state index contributed by atoms with van der Waals surface area (Å²) in [7, 11) is 0. The zero-order valence-corrected chi connectivity index (χ0v) is 17.3. The zero-order chi connectivity index (χ0) is 18.1. The van der Waals surface area contributed by atoms with E-state index in [1.807, 2.05) is 36.4 Å². The molecule has 0 aliphatic carbocycles. The molecular formula is C18H12BrClN2O2S2. The topological polar surface area (TPSA) is 46.3 Å². The van der Waals surface area contributed by atoms with E-state index >= 15 is 0 Å². The Balaban J connectivity index is 1.67. The SMILES string of the molecule is O=C(Cc1ccc(Cl)s1)N(Cc1ccco1)c1nc2ccc(Br)cc2s1. The standard InChI is InChI=1S/C18H12BrClN2O2S2/c19-11-3-5-14-15(8-11)26-18(21-14)22(10-12-2-1-7-24-12)17(23)9-13-4-6-16(20)25-13/h1-8H,9-10H2. The number of thiazole rings is 1. The van der Waals surface area contributed by atoms with Gasteiger partial charge in [0.05, 0.1) is 33.8 Å². The van der Waals surface area contributed by atoms with Gasteiger partial charge in [-0.3, -0.25) is 9.69 Å². The number of hydrogen-bond acceptors (Lipinski definition) is 5. The van der Waals surface area contributed by atoms with Crippen LogP contribution >= 0.6 is 50.2 Å². The predicted octanol–water partition coefficient (Wildman–Crippen LogP) is 6.14. The highest BCUT2D eigenvalue weighted by Crippen LogP contribution is 2.32. The monoisotopic (exact) mass is 466 g/mol. The molecule has 3 heterocycles. The quantitative estimate of drug-likeness (QED) is 0.354. The molecule has 8 heteroatoms. The van der Waals surface area contributed by atoms with Gasteiger partial charge in [0, 0.05) is 9.35 Å². The first-order valence-electron chi connectivity index (χ1n) is 7.71. The minimum absolute atomic E-state index is 0.0435. The van der Waals surface area contributed by atoms with E-state index in [-0.39, 0.29) is 12.3 Å². The van der Waals surface area contributed by atoms with Gasteiger partial charge >= 0.3 is 0 Å². The second-order valence-electron chi connectivity index (χ2n) is 5.55. The Morgan fingerprint density at radius 1 is 1.23 bits per heavy atom. The van der Waals surface area contributed by atoms with E-state index in [1.54, 1.807) is 17.2 Å². The van der Waals surface area contributed by atoms with Crippen molar-refractivity contribution in [2.24, 2.45) is 0 Å². The number of furan rings is 1. The van der Waals surface area contributed by atoms with E-state index < -0.39 is 0 Å². The maximum Gasteiger partial charge on any atom is 0.234 e. The molecule has 0 bridgehead atoms. The summed E-state index contributed by atoms with van der Waals surface area (Å²) in [6.07, 6.45) is 1.88. The molecule has 3 aromatic heterocycles. The highest BCUT2D eigenvalue weighted by Gasteiger charge is 2.22. The van der Waals surface area contributed by atoms with Crippen molar-refractivity contribution in [3.8, 4) is 0 Å². The van der Waals surface area contributed by atoms with Crippen LogP contribution in [0.4, 0.5) is 5.13 Å². The average Bonchev–Trinajstić information content (AvgIpc) is 3.33. The summed E-state index contributed by atoms with van der Waals surface area (Å²) in [4.78, 5) is 20.2. The molecule has 0 saturated carbocycles. The van der Waals surface area contributed by atoms with Crippen LogP contribution in [0.5, 0.6) is 0 Å². The Morgan fingerprint density at radius 2 is 2.12 bits per heavy atom. The molecule has 0 radical (unpaired) electrons. The van der Waals surface area contributed by atoms with Crippen LogP contribution in [0.15, 0.2) is 57.6 Å². The van der Waals surface area contributed by atoms with Crippen LogP contribution in [0, 0.1) is 0 Å². The molecule has 0 aliphatic heterocycles. The molecule has 0 N–H and O–H groups in total. The molecule has 0 spiro atoms. The number of aromatic nitrogens is 1. The maximum atomic E-state index is 13.0. The third-order valence-electron chi connectivity index (χ3n) is 3.72. The van der Waals surface area contributed by atoms with Gasteiger partial charge in [-0.1, -0.05) is 38.9 Å². The largest absolute Gasteiger partial charge is 0.467 e. The molecule has 0 saturated heterocycles. The van der Waals surface area contributed by atoms with Crippen molar-refractivity contribution in [1.29, 1.82) is 0 Å². The lowest BCUT2D eigenvalue weighted by Gasteiger charge is -2.18. The van der Waals surface area contributed by atoms with Gasteiger partial charge in [0.25, 0.3) is 0 Å². The molecule has 4 nitrogen and oxygen atoms in total. The number of carbonyl (C=O) groups is 1. The fraction of sp³-hybridized carbons (Fsp3) is 0.111. The minimum Gasteiger partial charge on any atom is -0.467 e. The Hall–Kier alpha value is -1.67. The van der Waals surface area contributed by atoms with E-state index in [4.69, 9.17) is 16.0 Å². The van der Waals surface area contributed by atoms with Gasteiger partial charge in [-0.25, -0.2) is 4.98 Å². The molecule has 0 aliphatic rings. The average molecular weight is 468 g/mol. The van der Waals surface area contributed by atoms with Crippen LogP contribution in [0.25, 0.3) is 10.2 Å². The Bertz CT molecular complexity index is 1060. The molecule has 4 rings (SSSR count). The lowest BCUT2D eigenvalue weighted by atomic mass is 10.3. The van der Waals surface area contributed by atoms with Crippen molar-refractivity contribution in [1.82, 2.24) is 4.98 Å². The van der Waals surface area contributed by atoms with E-state index in [1.165, 1.54) is 22.7 Å². The Morgan fingerprint density at radius 3 is 2.85 bits per heavy atom.